The predicted molar refractivity (Wildman–Crippen MR) is 131 cm³/mol. The monoisotopic (exact) mass is 465 g/mol. The number of piperazine rings is 1. The van der Waals surface area contributed by atoms with E-state index in [1.165, 1.54) is 0 Å². The van der Waals surface area contributed by atoms with Crippen molar-refractivity contribution in [2.24, 2.45) is 5.84 Å². The molecule has 2 heterocycles. The van der Waals surface area contributed by atoms with E-state index < -0.39 is 0 Å². The van der Waals surface area contributed by atoms with Crippen LogP contribution in [0.4, 0.5) is 16.2 Å². The molecule has 0 atom stereocenters. The number of hydrogen-bond donors (Lipinski definition) is 4. The Morgan fingerprint density at radius 1 is 0.909 bits per heavy atom. The zero-order chi connectivity index (χ0) is 23.0. The van der Waals surface area contributed by atoms with Gasteiger partial charge < -0.3 is 10.6 Å². The fourth-order valence-electron chi connectivity index (χ4n) is 3.61. The second kappa shape index (κ2) is 11.0. The van der Waals surface area contributed by atoms with Crippen molar-refractivity contribution in [1.82, 2.24) is 20.2 Å². The molecule has 0 bridgehead atoms. The molecule has 5 N–H and O–H groups in total. The van der Waals surface area contributed by atoms with Gasteiger partial charge in [0.25, 0.3) is 0 Å². The third kappa shape index (κ3) is 6.59. The molecule has 172 valence electrons. The van der Waals surface area contributed by atoms with Gasteiger partial charge in [0.05, 0.1) is 12.2 Å². The summed E-state index contributed by atoms with van der Waals surface area (Å²) in [5.74, 6) is 5.00. The van der Waals surface area contributed by atoms with E-state index in [9.17, 15) is 9.59 Å². The van der Waals surface area contributed by atoms with Crippen LogP contribution >= 0.6 is 11.3 Å². The summed E-state index contributed by atoms with van der Waals surface area (Å²) in [6, 6.07) is 16.7. The first-order chi connectivity index (χ1) is 16.1. The smallest absolute Gasteiger partial charge is 0.308 e. The van der Waals surface area contributed by atoms with Crippen LogP contribution in [0.25, 0.3) is 10.6 Å². The zero-order valence-electron chi connectivity index (χ0n) is 18.2. The van der Waals surface area contributed by atoms with Crippen molar-refractivity contribution in [3.63, 3.8) is 0 Å². The van der Waals surface area contributed by atoms with E-state index >= 15 is 0 Å². The minimum absolute atomic E-state index is 0.161. The Morgan fingerprint density at radius 3 is 2.21 bits per heavy atom. The Hall–Kier alpha value is -3.31. The van der Waals surface area contributed by atoms with Crippen LogP contribution in [-0.4, -0.2) is 59.4 Å². The van der Waals surface area contributed by atoms with E-state index in [0.717, 1.165) is 54.7 Å². The highest BCUT2D eigenvalue weighted by Crippen LogP contribution is 2.26. The minimum atomic E-state index is -0.283. The molecular weight excluding hydrogens is 438 g/mol. The molecule has 1 saturated heterocycles. The Morgan fingerprint density at radius 2 is 1.55 bits per heavy atom. The maximum Gasteiger partial charge on any atom is 0.323 e. The molecule has 0 aliphatic carbocycles. The van der Waals surface area contributed by atoms with Gasteiger partial charge in [0.1, 0.15) is 5.01 Å². The van der Waals surface area contributed by atoms with E-state index in [0.29, 0.717) is 12.2 Å². The van der Waals surface area contributed by atoms with Crippen LogP contribution in [0.5, 0.6) is 0 Å². The number of thiazole rings is 1. The summed E-state index contributed by atoms with van der Waals surface area (Å²) in [6.07, 6.45) is 0. The second-order valence-corrected chi connectivity index (χ2v) is 8.64. The summed E-state index contributed by atoms with van der Waals surface area (Å²) in [5, 5.41) is 8.67. The first-order valence-electron chi connectivity index (χ1n) is 10.7. The van der Waals surface area contributed by atoms with Crippen molar-refractivity contribution < 1.29 is 9.59 Å². The molecule has 3 amide bonds. The minimum Gasteiger partial charge on any atom is -0.308 e. The van der Waals surface area contributed by atoms with Crippen LogP contribution in [0.1, 0.15) is 5.69 Å². The first-order valence-corrected chi connectivity index (χ1v) is 11.6. The third-order valence-electron chi connectivity index (χ3n) is 5.35. The number of benzene rings is 2. The van der Waals surface area contributed by atoms with Crippen molar-refractivity contribution in [1.29, 1.82) is 0 Å². The van der Waals surface area contributed by atoms with Gasteiger partial charge in [0.2, 0.25) is 5.91 Å². The zero-order valence-corrected chi connectivity index (χ0v) is 19.0. The number of amides is 3. The van der Waals surface area contributed by atoms with Crippen LogP contribution in [0.2, 0.25) is 0 Å². The summed E-state index contributed by atoms with van der Waals surface area (Å²) >= 11 is 1.61. The van der Waals surface area contributed by atoms with Gasteiger partial charge in [-0.15, -0.1) is 11.3 Å². The van der Waals surface area contributed by atoms with Gasteiger partial charge in [-0.05, 0) is 36.4 Å². The Balaban J connectivity index is 1.27. The van der Waals surface area contributed by atoms with Crippen molar-refractivity contribution in [2.75, 3.05) is 43.4 Å². The van der Waals surface area contributed by atoms with Gasteiger partial charge in [-0.1, -0.05) is 18.2 Å². The quantitative estimate of drug-likeness (QED) is 0.242. The van der Waals surface area contributed by atoms with E-state index in [2.05, 4.69) is 31.2 Å². The predicted octanol–water partition coefficient (Wildman–Crippen LogP) is 2.56. The van der Waals surface area contributed by atoms with E-state index in [-0.39, 0.29) is 11.9 Å². The van der Waals surface area contributed by atoms with Crippen LogP contribution < -0.4 is 21.9 Å². The van der Waals surface area contributed by atoms with Crippen molar-refractivity contribution >= 4 is 34.6 Å². The van der Waals surface area contributed by atoms with Gasteiger partial charge in [-0.2, -0.15) is 0 Å². The summed E-state index contributed by atoms with van der Waals surface area (Å²) in [5.41, 5.74) is 5.68. The van der Waals surface area contributed by atoms with Gasteiger partial charge >= 0.3 is 6.03 Å². The Labute approximate surface area is 196 Å². The van der Waals surface area contributed by atoms with Crippen LogP contribution in [-0.2, 0) is 11.3 Å². The normalized spacial score (nSPS) is 14.6. The molecule has 33 heavy (non-hydrogen) atoms. The number of nitrogens with one attached hydrogen (secondary N) is 3. The number of carbonyl (C=O) groups is 2. The molecule has 0 spiro atoms. The number of anilines is 2. The number of urea groups is 1. The van der Waals surface area contributed by atoms with Crippen LogP contribution in [0.3, 0.4) is 0 Å². The molecule has 4 rings (SSSR count). The number of nitrogens with two attached hydrogens (primary N) is 1. The first kappa shape index (κ1) is 22.9. The second-order valence-electron chi connectivity index (χ2n) is 7.79. The van der Waals surface area contributed by atoms with Gasteiger partial charge in [0, 0.05) is 55.0 Å². The molecule has 1 aliphatic heterocycles. The number of rotatable bonds is 7. The highest BCUT2D eigenvalue weighted by Gasteiger charge is 2.19. The SMILES string of the molecule is NNC(=O)CN1CCN(Cc2csc(-c3ccc(NC(=O)Nc4ccccc4)cc3)n2)CC1. The molecule has 1 fully saturated rings. The third-order valence-corrected chi connectivity index (χ3v) is 6.29. The number of hydrogen-bond acceptors (Lipinski definition) is 7. The maximum absolute atomic E-state index is 12.2. The molecule has 10 heteroatoms. The molecule has 0 saturated carbocycles. The standard InChI is InChI=1S/C23H27N7O2S/c24-28-21(31)15-30-12-10-29(11-13-30)14-20-16-33-22(25-20)17-6-8-19(9-7-17)27-23(32)26-18-4-2-1-3-5-18/h1-9,16H,10-15,24H2,(H,28,31)(H2,26,27,32). The van der Waals surface area contributed by atoms with Gasteiger partial charge in [-0.25, -0.2) is 15.6 Å². The molecule has 1 aliphatic rings. The Bertz CT molecular complexity index is 1060. The molecule has 1 aromatic heterocycles. The van der Waals surface area contributed by atoms with E-state index in [1.54, 1.807) is 11.3 Å². The largest absolute Gasteiger partial charge is 0.323 e. The fraction of sp³-hybridized carbons (Fsp3) is 0.261. The van der Waals surface area contributed by atoms with Crippen molar-refractivity contribution in [2.45, 2.75) is 6.54 Å². The van der Waals surface area contributed by atoms with Crippen LogP contribution in [0.15, 0.2) is 60.0 Å². The summed E-state index contributed by atoms with van der Waals surface area (Å²) in [4.78, 5) is 32.8. The molecule has 0 radical (unpaired) electrons. The summed E-state index contributed by atoms with van der Waals surface area (Å²) in [7, 11) is 0. The summed E-state index contributed by atoms with van der Waals surface area (Å²) in [6.45, 7) is 4.55. The van der Waals surface area contributed by atoms with E-state index in [1.807, 2.05) is 54.6 Å². The highest BCUT2D eigenvalue weighted by molar-refractivity contribution is 7.13. The lowest BCUT2D eigenvalue weighted by Gasteiger charge is -2.33. The van der Waals surface area contributed by atoms with Crippen molar-refractivity contribution in [3.8, 4) is 10.6 Å². The lowest BCUT2D eigenvalue weighted by Crippen LogP contribution is -2.49. The number of aromatic nitrogens is 1. The number of nitrogens with zero attached hydrogens (tertiary/aromatic N) is 3. The average Bonchev–Trinajstić information content (AvgIpc) is 3.30. The Kier molecular flexibility index (Phi) is 7.63. The maximum atomic E-state index is 12.2. The van der Waals surface area contributed by atoms with Gasteiger partial charge in [0.15, 0.2) is 0 Å². The highest BCUT2D eigenvalue weighted by atomic mass is 32.1. The van der Waals surface area contributed by atoms with Gasteiger partial charge in [-0.3, -0.25) is 20.0 Å². The summed E-state index contributed by atoms with van der Waals surface area (Å²) < 4.78 is 0. The number of hydrazine groups is 1. The number of para-hydroxylation sites is 1. The van der Waals surface area contributed by atoms with Crippen molar-refractivity contribution in [3.05, 3.63) is 65.7 Å². The fourth-order valence-corrected chi connectivity index (χ4v) is 4.42. The molecule has 2 aromatic carbocycles. The average molecular weight is 466 g/mol. The van der Waals surface area contributed by atoms with Crippen LogP contribution in [0, 0.1) is 0 Å². The molecule has 0 unspecified atom stereocenters. The molecule has 9 nitrogen and oxygen atoms in total. The lowest BCUT2D eigenvalue weighted by molar-refractivity contribution is -0.122. The molecular formula is C23H27N7O2S. The lowest BCUT2D eigenvalue weighted by atomic mass is 10.2. The number of carbonyl (C=O) groups excluding carboxylic acids is 2. The molecule has 3 aromatic rings. The van der Waals surface area contributed by atoms with E-state index in [4.69, 9.17) is 10.8 Å². The topological polar surface area (TPSA) is 116 Å².